The number of carbonyl (C=O) groups excluding carboxylic acids is 1. The van der Waals surface area contributed by atoms with E-state index in [-0.39, 0.29) is 28.5 Å². The Labute approximate surface area is 193 Å². The number of fused-ring (bicyclic) bond motifs is 1. The Bertz CT molecular complexity index is 1260. The van der Waals surface area contributed by atoms with Crippen LogP contribution in [0, 0.1) is 5.82 Å². The Morgan fingerprint density at radius 3 is 2.45 bits per heavy atom. The van der Waals surface area contributed by atoms with Gasteiger partial charge in [-0.25, -0.2) is 17.6 Å². The zero-order valence-electron chi connectivity index (χ0n) is 18.5. The minimum atomic E-state index is -3.67. The van der Waals surface area contributed by atoms with Crippen molar-refractivity contribution >= 4 is 21.6 Å². The van der Waals surface area contributed by atoms with Crippen molar-refractivity contribution in [2.45, 2.75) is 36.7 Å². The van der Waals surface area contributed by atoms with Gasteiger partial charge < -0.3 is 10.6 Å². The van der Waals surface area contributed by atoms with Gasteiger partial charge in [0.25, 0.3) is 0 Å². The average molecular weight is 468 g/mol. The number of amides is 2. The molecule has 0 radical (unpaired) electrons. The zero-order valence-corrected chi connectivity index (χ0v) is 19.3. The van der Waals surface area contributed by atoms with Crippen LogP contribution in [0.1, 0.15) is 35.2 Å². The van der Waals surface area contributed by atoms with Gasteiger partial charge in [-0.3, -0.25) is 4.90 Å². The number of sulfone groups is 1. The summed E-state index contributed by atoms with van der Waals surface area (Å²) in [5.74, 6) is -0.652. The SMILES string of the molecule is CC(NC(=O)Nc1ccc(S(=O)(=O)Cc2cc(F)c3c(c2)CN(C)C3)cc1)c1ccccc1. The molecule has 0 saturated carbocycles. The molecule has 1 aliphatic heterocycles. The van der Waals surface area contributed by atoms with E-state index in [0.29, 0.717) is 29.9 Å². The minimum absolute atomic E-state index is 0.115. The second-order valence-electron chi connectivity index (χ2n) is 8.40. The highest BCUT2D eigenvalue weighted by atomic mass is 32.2. The van der Waals surface area contributed by atoms with Crippen LogP contribution in [0.25, 0.3) is 0 Å². The number of benzene rings is 3. The monoisotopic (exact) mass is 467 g/mol. The summed E-state index contributed by atoms with van der Waals surface area (Å²) < 4.78 is 40.2. The molecule has 0 aromatic heterocycles. The Hall–Kier alpha value is -3.23. The highest BCUT2D eigenvalue weighted by Gasteiger charge is 2.23. The van der Waals surface area contributed by atoms with Crippen LogP contribution in [0.5, 0.6) is 0 Å². The van der Waals surface area contributed by atoms with E-state index in [2.05, 4.69) is 10.6 Å². The van der Waals surface area contributed by atoms with Gasteiger partial charge in [0.05, 0.1) is 16.7 Å². The minimum Gasteiger partial charge on any atom is -0.331 e. The standard InChI is InChI=1S/C25H26FN3O3S/c1-17(19-6-4-3-5-7-19)27-25(30)28-21-8-10-22(11-9-21)33(31,32)16-18-12-20-14-29(2)15-23(20)24(26)13-18/h3-13,17H,14-16H2,1-2H3,(H2,27,28,30). The normalized spacial score (nSPS) is 14.5. The van der Waals surface area contributed by atoms with Crippen molar-refractivity contribution in [1.82, 2.24) is 10.2 Å². The summed E-state index contributed by atoms with van der Waals surface area (Å²) >= 11 is 0. The Kier molecular flexibility index (Phi) is 6.49. The lowest BCUT2D eigenvalue weighted by Gasteiger charge is -2.15. The van der Waals surface area contributed by atoms with E-state index in [1.807, 2.05) is 49.2 Å². The molecule has 0 fully saturated rings. The summed E-state index contributed by atoms with van der Waals surface area (Å²) in [6.45, 7) is 3.01. The number of urea groups is 1. The first-order chi connectivity index (χ1) is 15.7. The molecule has 6 nitrogen and oxygen atoms in total. The van der Waals surface area contributed by atoms with Crippen LogP contribution < -0.4 is 10.6 Å². The van der Waals surface area contributed by atoms with E-state index in [9.17, 15) is 17.6 Å². The van der Waals surface area contributed by atoms with Crippen molar-refractivity contribution < 1.29 is 17.6 Å². The lowest BCUT2D eigenvalue weighted by Crippen LogP contribution is -2.31. The van der Waals surface area contributed by atoms with Crippen molar-refractivity contribution in [2.75, 3.05) is 12.4 Å². The van der Waals surface area contributed by atoms with E-state index >= 15 is 0 Å². The molecule has 4 rings (SSSR count). The molecule has 172 valence electrons. The maximum atomic E-state index is 14.4. The maximum absolute atomic E-state index is 14.4. The third-order valence-corrected chi connectivity index (χ3v) is 7.39. The molecule has 0 bridgehead atoms. The van der Waals surface area contributed by atoms with Crippen molar-refractivity contribution in [2.24, 2.45) is 0 Å². The first-order valence-corrected chi connectivity index (χ1v) is 12.3. The van der Waals surface area contributed by atoms with E-state index in [1.54, 1.807) is 6.07 Å². The van der Waals surface area contributed by atoms with Crippen LogP contribution in [-0.4, -0.2) is 26.4 Å². The third-order valence-electron chi connectivity index (χ3n) is 5.69. The Balaban J connectivity index is 1.41. The van der Waals surface area contributed by atoms with Gasteiger partial charge in [-0.2, -0.15) is 0 Å². The lowest BCUT2D eigenvalue weighted by atomic mass is 10.1. The van der Waals surface area contributed by atoms with Crippen LogP contribution in [-0.2, 0) is 28.7 Å². The zero-order chi connectivity index (χ0) is 23.6. The quantitative estimate of drug-likeness (QED) is 0.554. The number of hydrogen-bond acceptors (Lipinski definition) is 4. The van der Waals surface area contributed by atoms with Crippen LogP contribution in [0.3, 0.4) is 0 Å². The molecule has 3 aromatic rings. The first-order valence-electron chi connectivity index (χ1n) is 10.7. The highest BCUT2D eigenvalue weighted by molar-refractivity contribution is 7.90. The van der Waals surface area contributed by atoms with Gasteiger partial charge in [-0.05, 0) is 61.0 Å². The molecule has 0 spiro atoms. The number of nitrogens with zero attached hydrogens (tertiary/aromatic N) is 1. The van der Waals surface area contributed by atoms with Crippen LogP contribution >= 0.6 is 0 Å². The molecule has 1 aliphatic rings. The predicted octanol–water partition coefficient (Wildman–Crippen LogP) is 4.63. The van der Waals surface area contributed by atoms with Crippen molar-refractivity contribution in [1.29, 1.82) is 0 Å². The molecule has 2 N–H and O–H groups in total. The fraction of sp³-hybridized carbons (Fsp3) is 0.240. The first kappa shape index (κ1) is 22.9. The Morgan fingerprint density at radius 1 is 1.06 bits per heavy atom. The van der Waals surface area contributed by atoms with Gasteiger partial charge >= 0.3 is 6.03 Å². The van der Waals surface area contributed by atoms with Crippen LogP contribution in [0.15, 0.2) is 71.6 Å². The predicted molar refractivity (Wildman–Crippen MR) is 126 cm³/mol. The molecule has 1 unspecified atom stereocenters. The number of carbonyl (C=O) groups is 1. The second-order valence-corrected chi connectivity index (χ2v) is 10.4. The fourth-order valence-corrected chi connectivity index (χ4v) is 5.33. The van der Waals surface area contributed by atoms with Crippen molar-refractivity contribution in [3.63, 3.8) is 0 Å². The number of nitrogens with one attached hydrogen (secondary N) is 2. The molecule has 0 aliphatic carbocycles. The largest absolute Gasteiger partial charge is 0.331 e. The maximum Gasteiger partial charge on any atom is 0.319 e. The van der Waals surface area contributed by atoms with Crippen LogP contribution in [0.4, 0.5) is 14.9 Å². The molecule has 0 saturated heterocycles. The van der Waals surface area contributed by atoms with Gasteiger partial charge in [0, 0.05) is 24.3 Å². The molecule has 33 heavy (non-hydrogen) atoms. The summed E-state index contributed by atoms with van der Waals surface area (Å²) in [5, 5.41) is 5.56. The summed E-state index contributed by atoms with van der Waals surface area (Å²) in [6.07, 6.45) is 0. The average Bonchev–Trinajstić information content (AvgIpc) is 3.15. The van der Waals surface area contributed by atoms with E-state index in [0.717, 1.165) is 11.1 Å². The number of anilines is 1. The third kappa shape index (κ3) is 5.40. The summed E-state index contributed by atoms with van der Waals surface area (Å²) in [4.78, 5) is 14.4. The second kappa shape index (κ2) is 9.33. The van der Waals surface area contributed by atoms with Crippen molar-refractivity contribution in [3.8, 4) is 0 Å². The molecule has 1 heterocycles. The summed E-state index contributed by atoms with van der Waals surface area (Å²) in [5.41, 5.74) is 3.34. The van der Waals surface area contributed by atoms with Gasteiger partial charge in [0.2, 0.25) is 0 Å². The van der Waals surface area contributed by atoms with Gasteiger partial charge in [0.15, 0.2) is 9.84 Å². The highest BCUT2D eigenvalue weighted by Crippen LogP contribution is 2.27. The summed E-state index contributed by atoms with van der Waals surface area (Å²) in [6, 6.07) is 18.1. The fourth-order valence-electron chi connectivity index (χ4n) is 4.01. The number of rotatable bonds is 6. The van der Waals surface area contributed by atoms with Gasteiger partial charge in [0.1, 0.15) is 5.82 Å². The van der Waals surface area contributed by atoms with E-state index in [4.69, 9.17) is 0 Å². The lowest BCUT2D eigenvalue weighted by molar-refractivity contribution is 0.249. The van der Waals surface area contributed by atoms with Gasteiger partial charge in [-0.1, -0.05) is 36.4 Å². The number of hydrogen-bond donors (Lipinski definition) is 2. The van der Waals surface area contributed by atoms with Crippen LogP contribution in [0.2, 0.25) is 0 Å². The van der Waals surface area contributed by atoms with E-state index < -0.39 is 9.84 Å². The summed E-state index contributed by atoms with van der Waals surface area (Å²) in [7, 11) is -1.77. The smallest absolute Gasteiger partial charge is 0.319 e. The molecule has 2 amide bonds. The molecule has 8 heteroatoms. The van der Waals surface area contributed by atoms with E-state index in [1.165, 1.54) is 30.3 Å². The molecule has 1 atom stereocenters. The molecular formula is C25H26FN3O3S. The van der Waals surface area contributed by atoms with Crippen molar-refractivity contribution in [3.05, 3.63) is 94.8 Å². The molecule has 3 aromatic carbocycles. The Morgan fingerprint density at radius 2 is 1.76 bits per heavy atom. The molecular weight excluding hydrogens is 441 g/mol. The van der Waals surface area contributed by atoms with Gasteiger partial charge in [-0.15, -0.1) is 0 Å². The number of halogens is 1. The topological polar surface area (TPSA) is 78.5 Å².